The largest absolute Gasteiger partial charge is 0.364 e. The maximum absolute atomic E-state index is 13.0. The topological polar surface area (TPSA) is 64.4 Å². The second kappa shape index (κ2) is 5.65. The molecule has 0 saturated carbocycles. The van der Waals surface area contributed by atoms with E-state index in [0.717, 1.165) is 6.42 Å². The van der Waals surface area contributed by atoms with Crippen LogP contribution < -0.4 is 11.1 Å². The summed E-state index contributed by atoms with van der Waals surface area (Å²) in [4.78, 5) is 11.9. The van der Waals surface area contributed by atoms with Crippen LogP contribution in [0.3, 0.4) is 0 Å². The molecule has 1 aromatic rings. The Balaban J connectivity index is 2.01. The summed E-state index contributed by atoms with van der Waals surface area (Å²) in [5.41, 5.74) is 5.72. The summed E-state index contributed by atoms with van der Waals surface area (Å²) in [5.74, 6) is -0.777. The van der Waals surface area contributed by atoms with E-state index in [1.54, 1.807) is 0 Å². The van der Waals surface area contributed by atoms with Crippen LogP contribution in [0.2, 0.25) is 5.02 Å². The molecular weight excluding hydrogens is 259 g/mol. The fourth-order valence-electron chi connectivity index (χ4n) is 1.88. The maximum atomic E-state index is 13.0. The molecular formula is C12H14ClFN2O2. The molecule has 2 unspecified atom stereocenters. The van der Waals surface area contributed by atoms with Crippen molar-refractivity contribution in [1.29, 1.82) is 0 Å². The SMILES string of the molecule is NCC1CCC(C(=O)Nc2cc(F)ccc2Cl)O1. The third-order valence-electron chi connectivity index (χ3n) is 2.85. The molecule has 2 rings (SSSR count). The number of rotatable bonds is 3. The molecule has 0 bridgehead atoms. The predicted octanol–water partition coefficient (Wildman–Crippen LogP) is 1.92. The molecule has 1 amide bonds. The van der Waals surface area contributed by atoms with Gasteiger partial charge in [0.25, 0.3) is 5.91 Å². The number of nitrogens with two attached hydrogens (primary N) is 1. The van der Waals surface area contributed by atoms with Gasteiger partial charge in [-0.1, -0.05) is 11.6 Å². The van der Waals surface area contributed by atoms with Crippen molar-refractivity contribution in [2.75, 3.05) is 11.9 Å². The van der Waals surface area contributed by atoms with Crippen LogP contribution in [0.5, 0.6) is 0 Å². The van der Waals surface area contributed by atoms with E-state index in [-0.39, 0.29) is 22.7 Å². The van der Waals surface area contributed by atoms with Gasteiger partial charge in [-0.05, 0) is 31.0 Å². The van der Waals surface area contributed by atoms with E-state index >= 15 is 0 Å². The Morgan fingerprint density at radius 1 is 1.56 bits per heavy atom. The molecule has 18 heavy (non-hydrogen) atoms. The Hall–Kier alpha value is -1.17. The van der Waals surface area contributed by atoms with E-state index in [1.807, 2.05) is 0 Å². The van der Waals surface area contributed by atoms with Crippen molar-refractivity contribution < 1.29 is 13.9 Å². The van der Waals surface area contributed by atoms with Crippen molar-refractivity contribution in [3.8, 4) is 0 Å². The number of hydrogen-bond acceptors (Lipinski definition) is 3. The van der Waals surface area contributed by atoms with Gasteiger partial charge >= 0.3 is 0 Å². The minimum atomic E-state index is -0.544. The second-order valence-corrected chi connectivity index (χ2v) is 4.58. The molecule has 0 aromatic heterocycles. The Morgan fingerprint density at radius 3 is 3.00 bits per heavy atom. The van der Waals surface area contributed by atoms with Crippen LogP contribution in [0.25, 0.3) is 0 Å². The van der Waals surface area contributed by atoms with Gasteiger partial charge in [0.1, 0.15) is 11.9 Å². The molecule has 0 aliphatic carbocycles. The van der Waals surface area contributed by atoms with Crippen LogP contribution in [0, 0.1) is 5.82 Å². The number of anilines is 1. The third kappa shape index (κ3) is 2.98. The number of halogens is 2. The summed E-state index contributed by atoms with van der Waals surface area (Å²) in [7, 11) is 0. The van der Waals surface area contributed by atoms with Gasteiger partial charge in [0.2, 0.25) is 0 Å². The first-order valence-electron chi connectivity index (χ1n) is 5.71. The molecule has 1 fully saturated rings. The summed E-state index contributed by atoms with van der Waals surface area (Å²) in [5, 5.41) is 2.85. The Kier molecular flexibility index (Phi) is 4.16. The number of carbonyl (C=O) groups is 1. The third-order valence-corrected chi connectivity index (χ3v) is 3.18. The highest BCUT2D eigenvalue weighted by Crippen LogP contribution is 2.25. The number of ether oxygens (including phenoxy) is 1. The van der Waals surface area contributed by atoms with Gasteiger partial charge in [-0.2, -0.15) is 0 Å². The lowest BCUT2D eigenvalue weighted by Gasteiger charge is -2.13. The summed E-state index contributed by atoms with van der Waals surface area (Å²) in [6.45, 7) is 0.393. The summed E-state index contributed by atoms with van der Waals surface area (Å²) in [6.07, 6.45) is 0.744. The van der Waals surface area contributed by atoms with Gasteiger partial charge in [0.15, 0.2) is 0 Å². The molecule has 1 aliphatic rings. The van der Waals surface area contributed by atoms with Gasteiger partial charge in [-0.15, -0.1) is 0 Å². The lowest BCUT2D eigenvalue weighted by molar-refractivity contribution is -0.126. The first kappa shape index (κ1) is 13.3. The molecule has 0 spiro atoms. The first-order chi connectivity index (χ1) is 8.60. The van der Waals surface area contributed by atoms with E-state index in [2.05, 4.69) is 5.32 Å². The van der Waals surface area contributed by atoms with E-state index < -0.39 is 11.9 Å². The van der Waals surface area contributed by atoms with Crippen LogP contribution in [-0.2, 0) is 9.53 Å². The summed E-state index contributed by atoms with van der Waals surface area (Å²) >= 11 is 5.86. The van der Waals surface area contributed by atoms with Crippen LogP contribution in [0.4, 0.5) is 10.1 Å². The highest BCUT2D eigenvalue weighted by Gasteiger charge is 2.30. The zero-order chi connectivity index (χ0) is 13.1. The Morgan fingerprint density at radius 2 is 2.33 bits per heavy atom. The van der Waals surface area contributed by atoms with Crippen molar-refractivity contribution >= 4 is 23.2 Å². The van der Waals surface area contributed by atoms with E-state index in [9.17, 15) is 9.18 Å². The molecule has 3 N–H and O–H groups in total. The number of benzene rings is 1. The van der Waals surface area contributed by atoms with Crippen molar-refractivity contribution in [1.82, 2.24) is 0 Å². The van der Waals surface area contributed by atoms with Crippen LogP contribution >= 0.6 is 11.6 Å². The van der Waals surface area contributed by atoms with Gasteiger partial charge < -0.3 is 15.8 Å². The molecule has 2 atom stereocenters. The zero-order valence-electron chi connectivity index (χ0n) is 9.66. The molecule has 1 aliphatic heterocycles. The number of carbonyl (C=O) groups excluding carboxylic acids is 1. The molecule has 1 aromatic carbocycles. The van der Waals surface area contributed by atoms with Crippen LogP contribution in [-0.4, -0.2) is 24.7 Å². The maximum Gasteiger partial charge on any atom is 0.253 e. The minimum absolute atomic E-state index is 0.0799. The summed E-state index contributed by atoms with van der Waals surface area (Å²) in [6, 6.07) is 3.80. The van der Waals surface area contributed by atoms with E-state index in [4.69, 9.17) is 22.1 Å². The van der Waals surface area contributed by atoms with E-state index in [0.29, 0.717) is 13.0 Å². The molecule has 1 saturated heterocycles. The highest BCUT2D eigenvalue weighted by molar-refractivity contribution is 6.33. The van der Waals surface area contributed by atoms with Crippen molar-refractivity contribution in [3.63, 3.8) is 0 Å². The first-order valence-corrected chi connectivity index (χ1v) is 6.09. The molecule has 1 heterocycles. The molecule has 0 radical (unpaired) electrons. The highest BCUT2D eigenvalue weighted by atomic mass is 35.5. The van der Waals surface area contributed by atoms with Gasteiger partial charge in [-0.3, -0.25) is 4.79 Å². The normalized spacial score (nSPS) is 23.1. The second-order valence-electron chi connectivity index (χ2n) is 4.17. The minimum Gasteiger partial charge on any atom is -0.364 e. The average molecular weight is 273 g/mol. The standard InChI is InChI=1S/C12H14ClFN2O2/c13-9-3-1-7(14)5-10(9)16-12(17)11-4-2-8(6-15)18-11/h1,3,5,8,11H,2,4,6,15H2,(H,16,17). The van der Waals surface area contributed by atoms with Gasteiger partial charge in [0, 0.05) is 6.54 Å². The fourth-order valence-corrected chi connectivity index (χ4v) is 2.04. The van der Waals surface area contributed by atoms with Crippen LogP contribution in [0.15, 0.2) is 18.2 Å². The van der Waals surface area contributed by atoms with Crippen molar-refractivity contribution in [2.45, 2.75) is 25.0 Å². The quantitative estimate of drug-likeness (QED) is 0.884. The molecule has 4 nitrogen and oxygen atoms in total. The number of hydrogen-bond donors (Lipinski definition) is 2. The molecule has 6 heteroatoms. The van der Waals surface area contributed by atoms with Crippen molar-refractivity contribution in [2.24, 2.45) is 5.73 Å². The lowest BCUT2D eigenvalue weighted by atomic mass is 10.2. The Labute approximate surface area is 109 Å². The van der Waals surface area contributed by atoms with E-state index in [1.165, 1.54) is 18.2 Å². The van der Waals surface area contributed by atoms with Gasteiger partial charge in [0.05, 0.1) is 16.8 Å². The van der Waals surface area contributed by atoms with Gasteiger partial charge in [-0.25, -0.2) is 4.39 Å². The monoisotopic (exact) mass is 272 g/mol. The van der Waals surface area contributed by atoms with Crippen LogP contribution in [0.1, 0.15) is 12.8 Å². The van der Waals surface area contributed by atoms with Crippen molar-refractivity contribution in [3.05, 3.63) is 29.0 Å². The average Bonchev–Trinajstić information content (AvgIpc) is 2.82. The fraction of sp³-hybridized carbons (Fsp3) is 0.417. The zero-order valence-corrected chi connectivity index (χ0v) is 10.4. The predicted molar refractivity (Wildman–Crippen MR) is 67.0 cm³/mol. The number of nitrogens with one attached hydrogen (secondary N) is 1. The molecule has 98 valence electrons. The summed E-state index contributed by atoms with van der Waals surface area (Å²) < 4.78 is 18.5. The lowest BCUT2D eigenvalue weighted by Crippen LogP contribution is -2.29. The Bertz CT molecular complexity index is 456. The number of amides is 1. The smallest absolute Gasteiger partial charge is 0.253 e.